The molecule has 0 spiro atoms. The lowest BCUT2D eigenvalue weighted by Gasteiger charge is -2.26. The zero-order valence-corrected chi connectivity index (χ0v) is 10.9. The summed E-state index contributed by atoms with van der Waals surface area (Å²) < 4.78 is 37.6. The van der Waals surface area contributed by atoms with Crippen LogP contribution < -0.4 is 5.32 Å². The van der Waals surface area contributed by atoms with Gasteiger partial charge < -0.3 is 10.4 Å². The van der Waals surface area contributed by atoms with Gasteiger partial charge in [0.25, 0.3) is 0 Å². The Kier molecular flexibility index (Phi) is 4.28. The van der Waals surface area contributed by atoms with Crippen LogP contribution in [0.4, 0.5) is 18.9 Å². The highest BCUT2D eigenvalue weighted by atomic mass is 19.4. The number of hydrogen-bond acceptors (Lipinski definition) is 3. The molecule has 0 saturated heterocycles. The monoisotopic (exact) mass is 286 g/mol. The minimum Gasteiger partial charge on any atom is -0.480 e. The van der Waals surface area contributed by atoms with Crippen molar-refractivity contribution in [1.29, 1.82) is 5.26 Å². The Hall–Kier alpha value is -2.23. The van der Waals surface area contributed by atoms with Crippen LogP contribution in [0.5, 0.6) is 0 Å². The van der Waals surface area contributed by atoms with Crippen molar-refractivity contribution in [2.45, 2.75) is 32.0 Å². The molecule has 1 unspecified atom stereocenters. The summed E-state index contributed by atoms with van der Waals surface area (Å²) in [6.07, 6.45) is -4.35. The van der Waals surface area contributed by atoms with Crippen LogP contribution >= 0.6 is 0 Å². The zero-order chi connectivity index (χ0) is 15.6. The van der Waals surface area contributed by atoms with Gasteiger partial charge in [-0.05, 0) is 31.5 Å². The first-order valence-corrected chi connectivity index (χ1v) is 5.77. The first-order valence-electron chi connectivity index (χ1n) is 5.77. The molecule has 0 fully saturated rings. The van der Waals surface area contributed by atoms with Gasteiger partial charge in [-0.1, -0.05) is 6.92 Å². The minimum atomic E-state index is -4.55. The normalized spacial score (nSPS) is 14.2. The van der Waals surface area contributed by atoms with Gasteiger partial charge in [0.2, 0.25) is 0 Å². The fourth-order valence-corrected chi connectivity index (χ4v) is 1.51. The first-order chi connectivity index (χ1) is 9.14. The quantitative estimate of drug-likeness (QED) is 0.891. The van der Waals surface area contributed by atoms with Crippen LogP contribution in [-0.4, -0.2) is 16.6 Å². The van der Waals surface area contributed by atoms with E-state index in [9.17, 15) is 18.0 Å². The van der Waals surface area contributed by atoms with Crippen molar-refractivity contribution in [3.05, 3.63) is 29.3 Å². The van der Waals surface area contributed by atoms with Crippen LogP contribution in [0.3, 0.4) is 0 Å². The molecule has 0 saturated carbocycles. The van der Waals surface area contributed by atoms with Gasteiger partial charge in [0.1, 0.15) is 11.6 Å². The zero-order valence-electron chi connectivity index (χ0n) is 10.9. The largest absolute Gasteiger partial charge is 0.480 e. The number of hydrogen-bond donors (Lipinski definition) is 2. The molecule has 0 amide bonds. The van der Waals surface area contributed by atoms with E-state index in [2.05, 4.69) is 5.32 Å². The first kappa shape index (κ1) is 15.8. The number of nitrogens with zero attached hydrogens (tertiary/aromatic N) is 1. The number of carboxylic acid groups (broad SMARTS) is 1. The molecule has 7 heteroatoms. The lowest BCUT2D eigenvalue weighted by molar-refractivity contribution is -0.142. The van der Waals surface area contributed by atoms with Gasteiger partial charge in [-0.25, -0.2) is 4.79 Å². The SMILES string of the molecule is CCC(C)(Nc1ccc(C(F)(F)F)cc1C#N)C(=O)O. The Bertz CT molecular complexity index is 564. The van der Waals surface area contributed by atoms with Gasteiger partial charge in [-0.3, -0.25) is 0 Å². The molecule has 0 aliphatic heterocycles. The molecule has 0 radical (unpaired) electrons. The van der Waals surface area contributed by atoms with Gasteiger partial charge in [-0.2, -0.15) is 18.4 Å². The van der Waals surface area contributed by atoms with Gasteiger partial charge in [-0.15, -0.1) is 0 Å². The molecule has 1 rings (SSSR count). The summed E-state index contributed by atoms with van der Waals surface area (Å²) in [5.74, 6) is -1.15. The maximum absolute atomic E-state index is 12.5. The number of alkyl halides is 3. The summed E-state index contributed by atoms with van der Waals surface area (Å²) in [7, 11) is 0. The van der Waals surface area contributed by atoms with E-state index in [1.54, 1.807) is 13.0 Å². The van der Waals surface area contributed by atoms with E-state index in [1.807, 2.05) is 0 Å². The van der Waals surface area contributed by atoms with Gasteiger partial charge in [0.15, 0.2) is 0 Å². The summed E-state index contributed by atoms with van der Waals surface area (Å²) in [4.78, 5) is 11.2. The van der Waals surface area contributed by atoms with Crippen LogP contribution in [0.25, 0.3) is 0 Å². The summed E-state index contributed by atoms with van der Waals surface area (Å²) in [6.45, 7) is 3.02. The van der Waals surface area contributed by atoms with Crippen molar-refractivity contribution in [3.8, 4) is 6.07 Å². The van der Waals surface area contributed by atoms with E-state index in [4.69, 9.17) is 10.4 Å². The molecule has 0 heterocycles. The van der Waals surface area contributed by atoms with E-state index < -0.39 is 23.2 Å². The van der Waals surface area contributed by atoms with Crippen molar-refractivity contribution < 1.29 is 23.1 Å². The molecule has 4 nitrogen and oxygen atoms in total. The van der Waals surface area contributed by atoms with Gasteiger partial charge in [0.05, 0.1) is 16.8 Å². The second-order valence-corrected chi connectivity index (χ2v) is 4.49. The third-order valence-electron chi connectivity index (χ3n) is 3.06. The van der Waals surface area contributed by atoms with E-state index in [0.717, 1.165) is 12.1 Å². The molecular weight excluding hydrogens is 273 g/mol. The van der Waals surface area contributed by atoms with Crippen LogP contribution in [0.1, 0.15) is 31.4 Å². The van der Waals surface area contributed by atoms with E-state index in [-0.39, 0.29) is 17.7 Å². The summed E-state index contributed by atoms with van der Waals surface area (Å²) >= 11 is 0. The fourth-order valence-electron chi connectivity index (χ4n) is 1.51. The molecule has 1 aromatic rings. The highest BCUT2D eigenvalue weighted by Gasteiger charge is 2.34. The van der Waals surface area contributed by atoms with Crippen LogP contribution in [0, 0.1) is 11.3 Å². The maximum Gasteiger partial charge on any atom is 0.416 e. The van der Waals surface area contributed by atoms with E-state index in [0.29, 0.717) is 6.07 Å². The number of nitrogens with one attached hydrogen (secondary N) is 1. The summed E-state index contributed by atoms with van der Waals surface area (Å²) in [5, 5.41) is 20.6. The molecule has 108 valence electrons. The van der Waals surface area contributed by atoms with E-state index in [1.165, 1.54) is 6.92 Å². The number of aliphatic carboxylic acids is 1. The molecule has 2 N–H and O–H groups in total. The Balaban J connectivity index is 3.22. The summed E-state index contributed by atoms with van der Waals surface area (Å²) in [5.41, 5.74) is -2.49. The number of nitriles is 1. The number of halogens is 3. The second-order valence-electron chi connectivity index (χ2n) is 4.49. The molecule has 1 aromatic carbocycles. The molecule has 1 atom stereocenters. The standard InChI is InChI=1S/C13H13F3N2O2/c1-3-12(2,11(19)20)18-10-5-4-9(13(14,15)16)6-8(10)7-17/h4-6,18H,3H2,1-2H3,(H,19,20). The second kappa shape index (κ2) is 5.41. The van der Waals surface area contributed by atoms with Crippen molar-refractivity contribution in [1.82, 2.24) is 0 Å². The predicted octanol–water partition coefficient (Wildman–Crippen LogP) is 3.24. The molecule has 0 aromatic heterocycles. The lowest BCUT2D eigenvalue weighted by Crippen LogP contribution is -2.42. The molecule has 0 bridgehead atoms. The number of carbonyl (C=O) groups is 1. The lowest BCUT2D eigenvalue weighted by atomic mass is 9.97. The highest BCUT2D eigenvalue weighted by molar-refractivity contribution is 5.83. The summed E-state index contributed by atoms with van der Waals surface area (Å²) in [6, 6.07) is 4.21. The van der Waals surface area contributed by atoms with Crippen molar-refractivity contribution >= 4 is 11.7 Å². The van der Waals surface area contributed by atoms with Crippen molar-refractivity contribution in [2.75, 3.05) is 5.32 Å². The smallest absolute Gasteiger partial charge is 0.416 e. The van der Waals surface area contributed by atoms with E-state index >= 15 is 0 Å². The van der Waals surface area contributed by atoms with Crippen molar-refractivity contribution in [3.63, 3.8) is 0 Å². The topological polar surface area (TPSA) is 73.1 Å². The fraction of sp³-hybridized carbons (Fsp3) is 0.385. The number of anilines is 1. The van der Waals surface area contributed by atoms with Crippen LogP contribution in [-0.2, 0) is 11.0 Å². The number of carboxylic acids is 1. The minimum absolute atomic E-state index is 0.0623. The van der Waals surface area contributed by atoms with Gasteiger partial charge in [0, 0.05) is 0 Å². The molecular formula is C13H13F3N2O2. The maximum atomic E-state index is 12.5. The van der Waals surface area contributed by atoms with Crippen molar-refractivity contribution in [2.24, 2.45) is 0 Å². The van der Waals surface area contributed by atoms with Gasteiger partial charge >= 0.3 is 12.1 Å². The Labute approximate surface area is 113 Å². The molecule has 0 aliphatic carbocycles. The Morgan fingerprint density at radius 3 is 2.45 bits per heavy atom. The number of benzene rings is 1. The van der Waals surface area contributed by atoms with Crippen LogP contribution in [0.2, 0.25) is 0 Å². The molecule has 0 aliphatic rings. The number of rotatable bonds is 4. The Morgan fingerprint density at radius 1 is 1.45 bits per heavy atom. The highest BCUT2D eigenvalue weighted by Crippen LogP contribution is 2.32. The third-order valence-corrected chi connectivity index (χ3v) is 3.06. The third kappa shape index (κ3) is 3.20. The average molecular weight is 286 g/mol. The molecule has 20 heavy (non-hydrogen) atoms. The average Bonchev–Trinajstić information content (AvgIpc) is 2.37. The predicted molar refractivity (Wildman–Crippen MR) is 66.1 cm³/mol. The van der Waals surface area contributed by atoms with Crippen LogP contribution in [0.15, 0.2) is 18.2 Å². The Morgan fingerprint density at radius 2 is 2.05 bits per heavy atom.